The molecule has 19 heavy (non-hydrogen) atoms. The molecular weight excluding hydrogens is 260 g/mol. The van der Waals surface area contributed by atoms with Gasteiger partial charge in [0.15, 0.2) is 0 Å². The molecule has 0 spiro atoms. The Kier molecular flexibility index (Phi) is 2.87. The van der Waals surface area contributed by atoms with Gasteiger partial charge < -0.3 is 10.3 Å². The number of halogens is 1. The van der Waals surface area contributed by atoms with Crippen LogP contribution in [-0.4, -0.2) is 14.5 Å². The van der Waals surface area contributed by atoms with E-state index < -0.39 is 0 Å². The monoisotopic (exact) mass is 272 g/mol. The first-order valence-corrected chi connectivity index (χ1v) is 6.38. The summed E-state index contributed by atoms with van der Waals surface area (Å²) in [7, 11) is 0. The first-order valence-electron chi connectivity index (χ1n) is 6.00. The quantitative estimate of drug-likeness (QED) is 0.779. The number of pyridine rings is 1. The molecule has 5 heteroatoms. The summed E-state index contributed by atoms with van der Waals surface area (Å²) in [5.41, 5.74) is 8.78. The molecule has 0 amide bonds. The highest BCUT2D eigenvalue weighted by atomic mass is 35.5. The van der Waals surface area contributed by atoms with Crippen LogP contribution in [0.1, 0.15) is 18.5 Å². The third-order valence-corrected chi connectivity index (χ3v) is 3.56. The molecule has 0 aliphatic carbocycles. The topological polar surface area (TPSA) is 56.7 Å². The van der Waals surface area contributed by atoms with E-state index in [2.05, 4.69) is 16.9 Å². The molecule has 2 heterocycles. The number of hydrogen-bond donors (Lipinski definition) is 1. The smallest absolute Gasteiger partial charge is 0.201 e. The van der Waals surface area contributed by atoms with Crippen molar-refractivity contribution in [1.29, 1.82) is 0 Å². The van der Waals surface area contributed by atoms with Crippen LogP contribution in [-0.2, 0) is 0 Å². The van der Waals surface area contributed by atoms with Gasteiger partial charge in [-0.15, -0.1) is 0 Å². The fourth-order valence-corrected chi connectivity index (χ4v) is 2.49. The van der Waals surface area contributed by atoms with Crippen LogP contribution in [0.15, 0.2) is 42.7 Å². The highest BCUT2D eigenvalue weighted by Gasteiger charge is 2.16. The lowest BCUT2D eigenvalue weighted by Gasteiger charge is -2.16. The minimum Gasteiger partial charge on any atom is -0.369 e. The van der Waals surface area contributed by atoms with Crippen LogP contribution in [0.5, 0.6) is 0 Å². The summed E-state index contributed by atoms with van der Waals surface area (Å²) in [5, 5.41) is 0.612. The molecule has 1 aromatic carbocycles. The Morgan fingerprint density at radius 1 is 1.26 bits per heavy atom. The third kappa shape index (κ3) is 1.94. The number of anilines is 1. The van der Waals surface area contributed by atoms with Crippen LogP contribution in [0.2, 0.25) is 5.02 Å². The number of nitrogen functional groups attached to an aromatic ring is 1. The van der Waals surface area contributed by atoms with Crippen LogP contribution in [0, 0.1) is 0 Å². The molecule has 1 atom stereocenters. The number of benzene rings is 1. The van der Waals surface area contributed by atoms with Gasteiger partial charge >= 0.3 is 0 Å². The molecule has 0 aliphatic heterocycles. The second-order valence-electron chi connectivity index (χ2n) is 4.41. The Bertz CT molecular complexity index is 721. The zero-order valence-electron chi connectivity index (χ0n) is 10.4. The standard InChI is InChI=1S/C14H13ClN4/c1-9(10-4-3-7-17-8-10)19-12-6-2-5-11(15)13(12)18-14(19)16/h2-9H,1H3,(H2,16,18). The SMILES string of the molecule is CC(c1cccnc1)n1c(N)nc2c(Cl)cccc21. The molecule has 1 unspecified atom stereocenters. The molecule has 0 saturated heterocycles. The summed E-state index contributed by atoms with van der Waals surface area (Å²) in [6.07, 6.45) is 3.59. The zero-order chi connectivity index (χ0) is 13.4. The number of imidazole rings is 1. The summed E-state index contributed by atoms with van der Waals surface area (Å²) in [4.78, 5) is 8.49. The first kappa shape index (κ1) is 12.0. The average Bonchev–Trinajstić information content (AvgIpc) is 2.77. The predicted octanol–water partition coefficient (Wildman–Crippen LogP) is 3.28. The molecule has 0 bridgehead atoms. The number of aromatic nitrogens is 3. The van der Waals surface area contributed by atoms with E-state index in [1.807, 2.05) is 41.1 Å². The Morgan fingerprint density at radius 3 is 2.84 bits per heavy atom. The number of para-hydroxylation sites is 1. The molecule has 4 nitrogen and oxygen atoms in total. The zero-order valence-corrected chi connectivity index (χ0v) is 11.2. The first-order chi connectivity index (χ1) is 9.18. The fraction of sp³-hybridized carbons (Fsp3) is 0.143. The van der Waals surface area contributed by atoms with E-state index in [1.54, 1.807) is 6.20 Å². The van der Waals surface area contributed by atoms with E-state index in [9.17, 15) is 0 Å². The van der Waals surface area contributed by atoms with E-state index in [0.717, 1.165) is 16.6 Å². The van der Waals surface area contributed by atoms with Gasteiger partial charge in [0.05, 0.1) is 16.6 Å². The van der Waals surface area contributed by atoms with Crippen molar-refractivity contribution in [3.8, 4) is 0 Å². The van der Waals surface area contributed by atoms with Crippen LogP contribution in [0.3, 0.4) is 0 Å². The van der Waals surface area contributed by atoms with Crippen molar-refractivity contribution in [2.75, 3.05) is 5.73 Å². The van der Waals surface area contributed by atoms with Gasteiger partial charge in [0.25, 0.3) is 0 Å². The highest BCUT2D eigenvalue weighted by Crippen LogP contribution is 2.30. The number of hydrogen-bond acceptors (Lipinski definition) is 3. The summed E-state index contributed by atoms with van der Waals surface area (Å²) >= 11 is 6.15. The maximum absolute atomic E-state index is 6.15. The van der Waals surface area contributed by atoms with Gasteiger partial charge in [0.1, 0.15) is 5.52 Å². The van der Waals surface area contributed by atoms with Crippen molar-refractivity contribution in [3.05, 3.63) is 53.3 Å². The molecule has 0 saturated carbocycles. The van der Waals surface area contributed by atoms with Gasteiger partial charge in [0, 0.05) is 12.4 Å². The molecule has 2 N–H and O–H groups in total. The summed E-state index contributed by atoms with van der Waals surface area (Å²) in [6, 6.07) is 9.67. The van der Waals surface area contributed by atoms with Gasteiger partial charge in [-0.1, -0.05) is 23.7 Å². The molecular formula is C14H13ClN4. The highest BCUT2D eigenvalue weighted by molar-refractivity contribution is 6.35. The summed E-state index contributed by atoms with van der Waals surface area (Å²) in [5.74, 6) is 0.458. The van der Waals surface area contributed by atoms with E-state index in [0.29, 0.717) is 11.0 Å². The largest absolute Gasteiger partial charge is 0.369 e. The second kappa shape index (κ2) is 4.55. The lowest BCUT2D eigenvalue weighted by molar-refractivity contribution is 0.665. The molecule has 3 aromatic rings. The third-order valence-electron chi connectivity index (χ3n) is 3.25. The number of rotatable bonds is 2. The van der Waals surface area contributed by atoms with Crippen LogP contribution in [0.25, 0.3) is 11.0 Å². The van der Waals surface area contributed by atoms with Crippen molar-refractivity contribution in [3.63, 3.8) is 0 Å². The predicted molar refractivity (Wildman–Crippen MR) is 77.2 cm³/mol. The molecule has 0 aliphatic rings. The van der Waals surface area contributed by atoms with E-state index in [-0.39, 0.29) is 6.04 Å². The number of fused-ring (bicyclic) bond motifs is 1. The Labute approximate surface area is 115 Å². The maximum Gasteiger partial charge on any atom is 0.201 e. The number of nitrogens with zero attached hydrogens (tertiary/aromatic N) is 3. The van der Waals surface area contributed by atoms with Crippen LogP contribution < -0.4 is 5.73 Å². The van der Waals surface area contributed by atoms with Gasteiger partial charge in [0.2, 0.25) is 5.95 Å². The average molecular weight is 273 g/mol. The van der Waals surface area contributed by atoms with Crippen molar-refractivity contribution in [2.45, 2.75) is 13.0 Å². The molecule has 3 rings (SSSR count). The van der Waals surface area contributed by atoms with Gasteiger partial charge in [-0.25, -0.2) is 4.98 Å². The minimum atomic E-state index is 0.0529. The van der Waals surface area contributed by atoms with Gasteiger partial charge in [-0.3, -0.25) is 4.98 Å². The van der Waals surface area contributed by atoms with E-state index in [1.165, 1.54) is 0 Å². The Morgan fingerprint density at radius 2 is 2.11 bits per heavy atom. The minimum absolute atomic E-state index is 0.0529. The summed E-state index contributed by atoms with van der Waals surface area (Å²) in [6.45, 7) is 2.06. The Hall–Kier alpha value is -2.07. The lowest BCUT2D eigenvalue weighted by Crippen LogP contribution is -2.10. The molecule has 2 aromatic heterocycles. The lowest BCUT2D eigenvalue weighted by atomic mass is 10.1. The van der Waals surface area contributed by atoms with E-state index in [4.69, 9.17) is 17.3 Å². The van der Waals surface area contributed by atoms with Gasteiger partial charge in [-0.2, -0.15) is 0 Å². The fourth-order valence-electron chi connectivity index (χ4n) is 2.28. The Balaban J connectivity index is 2.20. The van der Waals surface area contributed by atoms with Crippen molar-refractivity contribution < 1.29 is 0 Å². The molecule has 0 radical (unpaired) electrons. The van der Waals surface area contributed by atoms with Gasteiger partial charge in [-0.05, 0) is 30.7 Å². The molecule has 0 fully saturated rings. The van der Waals surface area contributed by atoms with Crippen LogP contribution in [0.4, 0.5) is 5.95 Å². The molecule has 96 valence electrons. The number of nitrogens with two attached hydrogens (primary N) is 1. The van der Waals surface area contributed by atoms with Crippen molar-refractivity contribution >= 4 is 28.6 Å². The second-order valence-corrected chi connectivity index (χ2v) is 4.82. The van der Waals surface area contributed by atoms with E-state index >= 15 is 0 Å². The van der Waals surface area contributed by atoms with Crippen molar-refractivity contribution in [1.82, 2.24) is 14.5 Å². The van der Waals surface area contributed by atoms with Crippen LogP contribution >= 0.6 is 11.6 Å². The normalized spacial score (nSPS) is 12.7. The summed E-state index contributed by atoms with van der Waals surface area (Å²) < 4.78 is 1.97. The van der Waals surface area contributed by atoms with Crippen molar-refractivity contribution in [2.24, 2.45) is 0 Å². The maximum atomic E-state index is 6.15.